The summed E-state index contributed by atoms with van der Waals surface area (Å²) in [4.78, 5) is 0. The molecule has 48 valence electrons. The molecule has 0 bridgehead atoms. The Morgan fingerprint density at radius 3 is 2.89 bits per heavy atom. The maximum Gasteiger partial charge on any atom is 1.00 e. The molecular weight excluding hydrogens is 109 g/mol. The van der Waals surface area contributed by atoms with Crippen molar-refractivity contribution in [2.45, 2.75) is 18.9 Å². The van der Waals surface area contributed by atoms with Crippen molar-refractivity contribution in [2.24, 2.45) is 0 Å². The van der Waals surface area contributed by atoms with Gasteiger partial charge in [-0.1, -0.05) is 12.8 Å². The van der Waals surface area contributed by atoms with Gasteiger partial charge in [-0.15, -0.1) is 12.6 Å². The Bertz CT molecular complexity index is 64.1. The minimum absolute atomic E-state index is 0. The molecule has 0 radical (unpaired) electrons. The van der Waals surface area contributed by atoms with Gasteiger partial charge < -0.3 is 10.1 Å². The van der Waals surface area contributed by atoms with E-state index in [1.54, 1.807) is 7.11 Å². The SMILES string of the molecule is COC[C@H]1CCC[N-]1.[Li+]. The van der Waals surface area contributed by atoms with Crippen LogP contribution >= 0.6 is 0 Å². The van der Waals surface area contributed by atoms with Gasteiger partial charge in [-0.25, -0.2) is 0 Å². The van der Waals surface area contributed by atoms with Gasteiger partial charge in [0, 0.05) is 13.7 Å². The average molecular weight is 121 g/mol. The molecule has 0 spiro atoms. The molecule has 9 heavy (non-hydrogen) atoms. The van der Waals surface area contributed by atoms with Gasteiger partial charge in [0.2, 0.25) is 0 Å². The number of methoxy groups -OCH3 is 1. The summed E-state index contributed by atoms with van der Waals surface area (Å²) in [5.41, 5.74) is 0. The van der Waals surface area contributed by atoms with Crippen LogP contribution in [0, 0.1) is 0 Å². The molecule has 2 nitrogen and oxygen atoms in total. The van der Waals surface area contributed by atoms with Crippen molar-refractivity contribution in [1.29, 1.82) is 0 Å². The summed E-state index contributed by atoms with van der Waals surface area (Å²) in [5.74, 6) is 0. The third kappa shape index (κ3) is 3.27. The van der Waals surface area contributed by atoms with Crippen LogP contribution in [-0.2, 0) is 4.74 Å². The molecular formula is C6H12LiNO. The minimum Gasteiger partial charge on any atom is -0.658 e. The molecule has 1 atom stereocenters. The van der Waals surface area contributed by atoms with Gasteiger partial charge >= 0.3 is 18.9 Å². The average Bonchev–Trinajstić information content (AvgIpc) is 2.19. The molecule has 1 fully saturated rings. The monoisotopic (exact) mass is 121 g/mol. The van der Waals surface area contributed by atoms with E-state index in [0.717, 1.165) is 13.2 Å². The molecule has 0 saturated carbocycles. The molecule has 1 aliphatic heterocycles. The van der Waals surface area contributed by atoms with Crippen LogP contribution in [0.4, 0.5) is 0 Å². The van der Waals surface area contributed by atoms with Crippen LogP contribution in [0.3, 0.4) is 0 Å². The van der Waals surface area contributed by atoms with Gasteiger partial charge in [-0.2, -0.15) is 0 Å². The Morgan fingerprint density at radius 2 is 2.44 bits per heavy atom. The van der Waals surface area contributed by atoms with Crippen molar-refractivity contribution in [3.8, 4) is 0 Å². The van der Waals surface area contributed by atoms with Gasteiger partial charge in [0.1, 0.15) is 0 Å². The van der Waals surface area contributed by atoms with Crippen molar-refractivity contribution < 1.29 is 23.6 Å². The fraction of sp³-hybridized carbons (Fsp3) is 1.00. The quantitative estimate of drug-likeness (QED) is 0.394. The summed E-state index contributed by atoms with van der Waals surface area (Å²) in [6, 6.07) is 0.514. The summed E-state index contributed by atoms with van der Waals surface area (Å²) in [7, 11) is 1.73. The molecule has 0 aromatic heterocycles. The normalized spacial score (nSPS) is 25.7. The van der Waals surface area contributed by atoms with E-state index in [4.69, 9.17) is 4.74 Å². The Kier molecular flexibility index (Phi) is 5.62. The molecule has 0 amide bonds. The summed E-state index contributed by atoms with van der Waals surface area (Å²) in [5, 5.41) is 4.30. The van der Waals surface area contributed by atoms with E-state index < -0.39 is 0 Å². The summed E-state index contributed by atoms with van der Waals surface area (Å²) in [6.07, 6.45) is 2.49. The standard InChI is InChI=1S/C6H12NO.Li/c1-8-5-6-3-2-4-7-6;/h6H,2-5H2,1H3;/q-1;+1/t6-;/m1./s1. The second kappa shape index (κ2) is 5.31. The van der Waals surface area contributed by atoms with Gasteiger partial charge in [-0.05, 0) is 0 Å². The first-order chi connectivity index (χ1) is 3.93. The van der Waals surface area contributed by atoms with Crippen LogP contribution in [0.5, 0.6) is 0 Å². The zero-order chi connectivity index (χ0) is 5.82. The van der Waals surface area contributed by atoms with Crippen LogP contribution in [0.25, 0.3) is 5.32 Å². The smallest absolute Gasteiger partial charge is 0.658 e. The Balaban J connectivity index is 0.000000640. The zero-order valence-electron chi connectivity index (χ0n) is 6.26. The molecule has 0 N–H and O–H groups in total. The fourth-order valence-electron chi connectivity index (χ4n) is 1.02. The molecule has 1 rings (SSSR count). The van der Waals surface area contributed by atoms with Crippen LogP contribution in [0.2, 0.25) is 0 Å². The van der Waals surface area contributed by atoms with Crippen molar-refractivity contribution in [1.82, 2.24) is 0 Å². The second-order valence-corrected chi connectivity index (χ2v) is 2.16. The zero-order valence-corrected chi connectivity index (χ0v) is 6.26. The van der Waals surface area contributed by atoms with E-state index in [-0.39, 0.29) is 18.9 Å². The maximum atomic E-state index is 4.93. The number of nitrogens with zero attached hydrogens (tertiary/aromatic N) is 1. The first kappa shape index (κ1) is 9.52. The number of hydrogen-bond acceptors (Lipinski definition) is 1. The third-order valence-electron chi connectivity index (χ3n) is 1.44. The Hall–Kier alpha value is 0.517. The van der Waals surface area contributed by atoms with Gasteiger partial charge in [-0.3, -0.25) is 0 Å². The number of ether oxygens (including phenoxy) is 1. The third-order valence-corrected chi connectivity index (χ3v) is 1.44. The van der Waals surface area contributed by atoms with Crippen molar-refractivity contribution in [2.75, 3.05) is 20.3 Å². The maximum absolute atomic E-state index is 4.93. The predicted molar refractivity (Wildman–Crippen MR) is 33.1 cm³/mol. The summed E-state index contributed by atoms with van der Waals surface area (Å²) < 4.78 is 4.93. The Morgan fingerprint density at radius 1 is 1.67 bits per heavy atom. The number of hydrogen-bond donors (Lipinski definition) is 0. The molecule has 0 aromatic rings. The van der Waals surface area contributed by atoms with Crippen LogP contribution < -0.4 is 18.9 Å². The van der Waals surface area contributed by atoms with Crippen molar-refractivity contribution in [3.05, 3.63) is 5.32 Å². The predicted octanol–water partition coefficient (Wildman–Crippen LogP) is -1.83. The van der Waals surface area contributed by atoms with Gasteiger partial charge in [0.15, 0.2) is 0 Å². The van der Waals surface area contributed by atoms with Crippen molar-refractivity contribution >= 4 is 0 Å². The van der Waals surface area contributed by atoms with E-state index >= 15 is 0 Å². The second-order valence-electron chi connectivity index (χ2n) is 2.16. The molecule has 3 heteroatoms. The largest absolute Gasteiger partial charge is 1.00 e. The first-order valence-corrected chi connectivity index (χ1v) is 3.09. The fourth-order valence-corrected chi connectivity index (χ4v) is 1.02. The van der Waals surface area contributed by atoms with E-state index in [2.05, 4.69) is 5.32 Å². The van der Waals surface area contributed by atoms with Gasteiger partial charge in [0.05, 0.1) is 0 Å². The van der Waals surface area contributed by atoms with Crippen LogP contribution in [0.1, 0.15) is 12.8 Å². The summed E-state index contributed by atoms with van der Waals surface area (Å²) in [6.45, 7) is 1.87. The van der Waals surface area contributed by atoms with Gasteiger partial charge in [0.25, 0.3) is 0 Å². The summed E-state index contributed by atoms with van der Waals surface area (Å²) >= 11 is 0. The van der Waals surface area contributed by atoms with E-state index in [1.165, 1.54) is 12.8 Å². The van der Waals surface area contributed by atoms with E-state index in [0.29, 0.717) is 6.04 Å². The molecule has 0 aliphatic carbocycles. The topological polar surface area (TPSA) is 23.3 Å². The minimum atomic E-state index is 0. The Labute approximate surface area is 68.5 Å². The molecule has 1 heterocycles. The van der Waals surface area contributed by atoms with Crippen LogP contribution in [-0.4, -0.2) is 26.3 Å². The van der Waals surface area contributed by atoms with Crippen molar-refractivity contribution in [3.63, 3.8) is 0 Å². The first-order valence-electron chi connectivity index (χ1n) is 3.09. The molecule has 1 aliphatic rings. The van der Waals surface area contributed by atoms with Crippen LogP contribution in [0.15, 0.2) is 0 Å². The molecule has 1 saturated heterocycles. The van der Waals surface area contributed by atoms with E-state index in [9.17, 15) is 0 Å². The van der Waals surface area contributed by atoms with E-state index in [1.807, 2.05) is 0 Å². The number of rotatable bonds is 2. The molecule has 0 unspecified atom stereocenters. The molecule has 0 aromatic carbocycles.